The first-order chi connectivity index (χ1) is 12.7. The molecule has 2 saturated carbocycles. The van der Waals surface area contributed by atoms with Crippen molar-refractivity contribution in [3.63, 3.8) is 0 Å². The van der Waals surface area contributed by atoms with Crippen LogP contribution in [0.15, 0.2) is 11.9 Å². The number of fused-ring (bicyclic) bond motifs is 1. The number of hydrogen-bond donors (Lipinski definition) is 4. The lowest BCUT2D eigenvalue weighted by Crippen LogP contribution is -2.22. The maximum Gasteiger partial charge on any atom is 0.326 e. The number of anilines is 2. The van der Waals surface area contributed by atoms with E-state index in [9.17, 15) is 9.59 Å². The number of urea groups is 1. The Morgan fingerprint density at radius 2 is 2.04 bits per heavy atom. The van der Waals surface area contributed by atoms with E-state index in [1.807, 2.05) is 0 Å². The van der Waals surface area contributed by atoms with Crippen LogP contribution < -0.4 is 21.3 Å². The Morgan fingerprint density at radius 3 is 2.73 bits per heavy atom. The van der Waals surface area contributed by atoms with Crippen LogP contribution >= 0.6 is 0 Å². The Hall–Kier alpha value is -3.17. The number of amides is 3. The molecule has 0 spiro atoms. The third-order valence-electron chi connectivity index (χ3n) is 4.57. The molecule has 0 bridgehead atoms. The summed E-state index contributed by atoms with van der Waals surface area (Å²) in [4.78, 5) is 32.2. The van der Waals surface area contributed by atoms with Crippen molar-refractivity contribution in [2.24, 2.45) is 5.92 Å². The molecule has 3 aliphatic rings. The molecule has 0 radical (unpaired) electrons. The van der Waals surface area contributed by atoms with Crippen LogP contribution in [-0.4, -0.2) is 44.1 Å². The predicted octanol–water partition coefficient (Wildman–Crippen LogP) is 0.701. The summed E-state index contributed by atoms with van der Waals surface area (Å²) in [6, 6.07) is -0.120. The van der Waals surface area contributed by atoms with Gasteiger partial charge in [0.2, 0.25) is 11.9 Å². The van der Waals surface area contributed by atoms with Gasteiger partial charge in [-0.2, -0.15) is 19.6 Å². The van der Waals surface area contributed by atoms with E-state index in [1.165, 1.54) is 12.8 Å². The summed E-state index contributed by atoms with van der Waals surface area (Å²) < 4.78 is 1.63. The highest BCUT2D eigenvalue weighted by Crippen LogP contribution is 2.29. The molecule has 10 nitrogen and oxygen atoms in total. The number of hydrogen-bond acceptors (Lipinski definition) is 7. The molecular weight excluding hydrogens is 336 g/mol. The van der Waals surface area contributed by atoms with Crippen molar-refractivity contribution in [2.45, 2.75) is 31.7 Å². The number of carbonyl (C=O) groups is 2. The highest BCUT2D eigenvalue weighted by atomic mass is 16.2. The number of carbonyl (C=O) groups excluding carboxylic acids is 2. The first kappa shape index (κ1) is 15.1. The van der Waals surface area contributed by atoms with Crippen molar-refractivity contribution >= 4 is 35.6 Å². The summed E-state index contributed by atoms with van der Waals surface area (Å²) in [5.41, 5.74) is 1.38. The smallest absolute Gasteiger partial charge is 0.326 e. The van der Waals surface area contributed by atoms with Gasteiger partial charge in [-0.05, 0) is 37.7 Å². The predicted molar refractivity (Wildman–Crippen MR) is 93.3 cm³/mol. The molecule has 3 fully saturated rings. The average molecular weight is 354 g/mol. The van der Waals surface area contributed by atoms with Gasteiger partial charge in [0.1, 0.15) is 5.70 Å². The Morgan fingerprint density at radius 1 is 1.19 bits per heavy atom. The Kier molecular flexibility index (Phi) is 3.30. The van der Waals surface area contributed by atoms with E-state index in [-0.39, 0.29) is 5.70 Å². The van der Waals surface area contributed by atoms with Gasteiger partial charge in [-0.1, -0.05) is 0 Å². The normalized spacial score (nSPS) is 21.2. The molecule has 2 aliphatic carbocycles. The summed E-state index contributed by atoms with van der Waals surface area (Å²) in [6.45, 7) is 0.849. The van der Waals surface area contributed by atoms with E-state index < -0.39 is 11.9 Å². The summed E-state index contributed by atoms with van der Waals surface area (Å²) in [5.74, 6) is 1.39. The maximum absolute atomic E-state index is 11.8. The van der Waals surface area contributed by atoms with Gasteiger partial charge in [0.25, 0.3) is 5.91 Å². The molecule has 0 aromatic carbocycles. The highest BCUT2D eigenvalue weighted by molar-refractivity contribution is 6.14. The van der Waals surface area contributed by atoms with Crippen LogP contribution in [0.2, 0.25) is 0 Å². The van der Waals surface area contributed by atoms with Crippen LogP contribution in [0.5, 0.6) is 0 Å². The van der Waals surface area contributed by atoms with Crippen molar-refractivity contribution < 1.29 is 9.59 Å². The first-order valence-electron chi connectivity index (χ1n) is 8.76. The zero-order valence-corrected chi connectivity index (χ0v) is 14.0. The molecule has 0 unspecified atom stereocenters. The fourth-order valence-electron chi connectivity index (χ4n) is 2.77. The zero-order chi connectivity index (χ0) is 17.7. The maximum atomic E-state index is 11.8. The van der Waals surface area contributed by atoms with Crippen LogP contribution in [0.4, 0.5) is 16.7 Å². The molecule has 10 heteroatoms. The fourth-order valence-corrected chi connectivity index (χ4v) is 2.77. The second-order valence-corrected chi connectivity index (χ2v) is 6.92. The summed E-state index contributed by atoms with van der Waals surface area (Å²) in [6.07, 6.45) is 7.88. The highest BCUT2D eigenvalue weighted by Gasteiger charge is 2.26. The van der Waals surface area contributed by atoms with E-state index in [2.05, 4.69) is 36.3 Å². The number of rotatable bonds is 6. The number of nitrogens with zero attached hydrogens (tertiary/aromatic N) is 4. The van der Waals surface area contributed by atoms with Crippen LogP contribution in [0.1, 0.15) is 31.2 Å². The SMILES string of the molecule is O=C1NC(=O)/C(=C\c2cnn3c(NC4CC4)nc(NCC4CC4)nc23)N1. The van der Waals surface area contributed by atoms with Crippen molar-refractivity contribution in [1.29, 1.82) is 0 Å². The van der Waals surface area contributed by atoms with E-state index in [1.54, 1.807) is 16.8 Å². The zero-order valence-electron chi connectivity index (χ0n) is 14.0. The number of aromatic nitrogens is 4. The van der Waals surface area contributed by atoms with Gasteiger partial charge < -0.3 is 16.0 Å². The van der Waals surface area contributed by atoms with Gasteiger partial charge in [0, 0.05) is 18.2 Å². The summed E-state index contributed by atoms with van der Waals surface area (Å²) in [7, 11) is 0. The number of imide groups is 1. The van der Waals surface area contributed by atoms with Gasteiger partial charge in [-0.25, -0.2) is 4.79 Å². The van der Waals surface area contributed by atoms with Crippen LogP contribution in [0, 0.1) is 5.92 Å². The van der Waals surface area contributed by atoms with E-state index in [4.69, 9.17) is 0 Å². The van der Waals surface area contributed by atoms with Gasteiger partial charge in [-0.3, -0.25) is 10.1 Å². The van der Waals surface area contributed by atoms with Crippen molar-refractivity contribution in [3.8, 4) is 0 Å². The standard InChI is InChI=1S/C16H18N8O2/c25-13-11(20-16(26)22-13)5-9-7-18-24-12(9)21-14(17-6-8-1-2-8)23-15(24)19-10-3-4-10/h5,7-8,10H,1-4,6H2,(H2,17,19,21,23)(H2,20,22,25,26)/b11-5+. The van der Waals surface area contributed by atoms with Gasteiger partial charge >= 0.3 is 6.03 Å². The second-order valence-electron chi connectivity index (χ2n) is 6.92. The Bertz CT molecular complexity index is 941. The minimum atomic E-state index is -0.532. The van der Waals surface area contributed by atoms with Gasteiger partial charge in [0.05, 0.1) is 6.20 Å². The number of nitrogens with one attached hydrogen (secondary N) is 4. The first-order valence-corrected chi connectivity index (χ1v) is 8.76. The molecule has 26 heavy (non-hydrogen) atoms. The summed E-state index contributed by atoms with van der Waals surface area (Å²) >= 11 is 0. The molecule has 134 valence electrons. The Labute approximate surface area is 148 Å². The topological polar surface area (TPSA) is 125 Å². The quantitative estimate of drug-likeness (QED) is 0.444. The summed E-state index contributed by atoms with van der Waals surface area (Å²) in [5, 5.41) is 15.7. The third kappa shape index (κ3) is 2.93. The van der Waals surface area contributed by atoms with E-state index in [0.29, 0.717) is 35.1 Å². The van der Waals surface area contributed by atoms with Crippen LogP contribution in [0.3, 0.4) is 0 Å². The molecule has 1 saturated heterocycles. The second kappa shape index (κ2) is 5.68. The molecule has 5 rings (SSSR count). The lowest BCUT2D eigenvalue weighted by molar-refractivity contribution is -0.115. The average Bonchev–Trinajstić information content (AvgIpc) is 3.52. The lowest BCUT2D eigenvalue weighted by atomic mass is 10.2. The third-order valence-corrected chi connectivity index (χ3v) is 4.57. The van der Waals surface area contributed by atoms with E-state index in [0.717, 1.165) is 19.4 Å². The monoisotopic (exact) mass is 354 g/mol. The minimum Gasteiger partial charge on any atom is -0.354 e. The van der Waals surface area contributed by atoms with E-state index >= 15 is 0 Å². The Balaban J connectivity index is 1.53. The van der Waals surface area contributed by atoms with Crippen molar-refractivity contribution in [1.82, 2.24) is 30.2 Å². The molecule has 2 aromatic heterocycles. The lowest BCUT2D eigenvalue weighted by Gasteiger charge is -2.10. The van der Waals surface area contributed by atoms with Gasteiger partial charge in [0.15, 0.2) is 5.65 Å². The van der Waals surface area contributed by atoms with Crippen LogP contribution in [0.25, 0.3) is 11.7 Å². The molecule has 4 N–H and O–H groups in total. The van der Waals surface area contributed by atoms with Crippen molar-refractivity contribution in [2.75, 3.05) is 17.2 Å². The van der Waals surface area contributed by atoms with Crippen LogP contribution in [-0.2, 0) is 4.79 Å². The molecule has 3 heterocycles. The molecule has 3 amide bonds. The molecule has 1 aliphatic heterocycles. The van der Waals surface area contributed by atoms with Gasteiger partial charge in [-0.15, -0.1) is 0 Å². The minimum absolute atomic E-state index is 0.174. The van der Waals surface area contributed by atoms with Crippen molar-refractivity contribution in [3.05, 3.63) is 17.5 Å². The molecular formula is C16H18N8O2. The molecule has 0 atom stereocenters. The fraction of sp³-hybridized carbons (Fsp3) is 0.438. The molecule has 2 aromatic rings. The largest absolute Gasteiger partial charge is 0.354 e.